The molecule has 1 aliphatic heterocycles. The molecule has 3 nitrogen and oxygen atoms in total. The van der Waals surface area contributed by atoms with Crippen LogP contribution in [0.25, 0.3) is 0 Å². The van der Waals surface area contributed by atoms with Gasteiger partial charge in [0.1, 0.15) is 6.04 Å². The van der Waals surface area contributed by atoms with Crippen LogP contribution >= 0.6 is 12.2 Å². The monoisotopic (exact) mass is 206 g/mol. The minimum Gasteiger partial charge on any atom is -0.350 e. The molecule has 72 valence electrons. The third-order valence-corrected chi connectivity index (χ3v) is 2.36. The smallest absolute Gasteiger partial charge is 0.249 e. The Kier molecular flexibility index (Phi) is 2.45. The van der Waals surface area contributed by atoms with E-state index in [1.165, 1.54) is 0 Å². The molecule has 1 heterocycles. The van der Waals surface area contributed by atoms with Gasteiger partial charge in [-0.25, -0.2) is 0 Å². The highest BCUT2D eigenvalue weighted by Gasteiger charge is 2.26. The van der Waals surface area contributed by atoms with Crippen LogP contribution in [0, 0.1) is 0 Å². The number of rotatable bonds is 2. The first-order valence-corrected chi connectivity index (χ1v) is 4.82. The maximum atomic E-state index is 11.3. The third-order valence-electron chi connectivity index (χ3n) is 2.14. The maximum Gasteiger partial charge on any atom is 0.249 e. The van der Waals surface area contributed by atoms with Crippen LogP contribution in [0.4, 0.5) is 0 Å². The number of nitrogens with one attached hydrogen (secondary N) is 2. The Balaban J connectivity index is 2.05. The first-order valence-electron chi connectivity index (χ1n) is 4.41. The van der Waals surface area contributed by atoms with Gasteiger partial charge in [-0.15, -0.1) is 0 Å². The number of carbonyl (C=O) groups excluding carboxylic acids is 1. The van der Waals surface area contributed by atoms with E-state index < -0.39 is 0 Å². The Labute approximate surface area is 87.5 Å². The number of carbonyl (C=O) groups is 1. The quantitative estimate of drug-likeness (QED) is 0.696. The van der Waals surface area contributed by atoms with Crippen molar-refractivity contribution in [3.8, 4) is 0 Å². The van der Waals surface area contributed by atoms with Crippen LogP contribution in [0.15, 0.2) is 30.3 Å². The molecule has 0 aliphatic carbocycles. The molecule has 1 aromatic rings. The summed E-state index contributed by atoms with van der Waals surface area (Å²) < 4.78 is 0. The van der Waals surface area contributed by atoms with Gasteiger partial charge in [0, 0.05) is 6.42 Å². The van der Waals surface area contributed by atoms with Gasteiger partial charge in [-0.05, 0) is 17.8 Å². The van der Waals surface area contributed by atoms with E-state index in [2.05, 4.69) is 10.6 Å². The summed E-state index contributed by atoms with van der Waals surface area (Å²) in [6, 6.07) is 9.65. The van der Waals surface area contributed by atoms with Gasteiger partial charge in [0.2, 0.25) is 5.91 Å². The fourth-order valence-corrected chi connectivity index (χ4v) is 1.70. The Morgan fingerprint density at radius 1 is 1.29 bits per heavy atom. The van der Waals surface area contributed by atoms with E-state index in [0.717, 1.165) is 5.56 Å². The molecule has 0 bridgehead atoms. The van der Waals surface area contributed by atoms with Crippen LogP contribution in [0.2, 0.25) is 0 Å². The minimum atomic E-state index is -0.218. The zero-order valence-electron chi connectivity index (χ0n) is 7.49. The van der Waals surface area contributed by atoms with Crippen molar-refractivity contribution in [2.24, 2.45) is 0 Å². The Hall–Kier alpha value is -1.42. The maximum absolute atomic E-state index is 11.3. The summed E-state index contributed by atoms with van der Waals surface area (Å²) in [5.74, 6) is -0.0427. The van der Waals surface area contributed by atoms with Crippen LogP contribution in [-0.2, 0) is 11.2 Å². The van der Waals surface area contributed by atoms with Gasteiger partial charge < -0.3 is 10.6 Å². The molecule has 0 saturated carbocycles. The van der Waals surface area contributed by atoms with Crippen LogP contribution in [0.1, 0.15) is 5.56 Å². The highest BCUT2D eigenvalue weighted by Crippen LogP contribution is 2.05. The Bertz CT molecular complexity index is 364. The second-order valence-electron chi connectivity index (χ2n) is 3.21. The highest BCUT2D eigenvalue weighted by molar-refractivity contribution is 7.80. The summed E-state index contributed by atoms with van der Waals surface area (Å²) in [4.78, 5) is 11.3. The molecule has 1 fully saturated rings. The lowest BCUT2D eigenvalue weighted by molar-refractivity contribution is -0.120. The second-order valence-corrected chi connectivity index (χ2v) is 3.61. The predicted octanol–water partition coefficient (Wildman–Crippen LogP) is 0.602. The highest BCUT2D eigenvalue weighted by atomic mass is 32.1. The standard InChI is InChI=1S/C10H10N2OS/c13-9-8(11-10(14)12-9)6-7-4-2-1-3-5-7/h1-5,8H,6H2,(H2,11,12,13,14)/t8-/m1/s1. The Morgan fingerprint density at radius 2 is 2.00 bits per heavy atom. The predicted molar refractivity (Wildman–Crippen MR) is 57.8 cm³/mol. The van der Waals surface area contributed by atoms with E-state index in [0.29, 0.717) is 11.5 Å². The molecule has 1 saturated heterocycles. The second kappa shape index (κ2) is 3.75. The lowest BCUT2D eigenvalue weighted by Crippen LogP contribution is -2.30. The lowest BCUT2D eigenvalue weighted by atomic mass is 10.1. The van der Waals surface area contributed by atoms with E-state index in [4.69, 9.17) is 12.2 Å². The van der Waals surface area contributed by atoms with Crippen molar-refractivity contribution in [3.63, 3.8) is 0 Å². The van der Waals surface area contributed by atoms with Crippen LogP contribution in [-0.4, -0.2) is 17.1 Å². The van der Waals surface area contributed by atoms with Crippen molar-refractivity contribution < 1.29 is 4.79 Å². The zero-order valence-corrected chi connectivity index (χ0v) is 8.30. The average Bonchev–Trinajstić information content (AvgIpc) is 2.47. The zero-order chi connectivity index (χ0) is 9.97. The number of benzene rings is 1. The lowest BCUT2D eigenvalue weighted by Gasteiger charge is -2.06. The fraction of sp³-hybridized carbons (Fsp3) is 0.200. The molecule has 14 heavy (non-hydrogen) atoms. The number of hydrogen-bond acceptors (Lipinski definition) is 2. The summed E-state index contributed by atoms with van der Waals surface area (Å²) in [5.41, 5.74) is 1.13. The summed E-state index contributed by atoms with van der Waals surface area (Å²) in [7, 11) is 0. The average molecular weight is 206 g/mol. The number of hydrogen-bond donors (Lipinski definition) is 2. The normalized spacial score (nSPS) is 20.4. The summed E-state index contributed by atoms with van der Waals surface area (Å²) in [5, 5.41) is 5.92. The first-order chi connectivity index (χ1) is 6.75. The van der Waals surface area contributed by atoms with Gasteiger partial charge >= 0.3 is 0 Å². The molecule has 2 rings (SSSR count). The van der Waals surface area contributed by atoms with Crippen LogP contribution in [0.5, 0.6) is 0 Å². The molecular weight excluding hydrogens is 196 g/mol. The summed E-state index contributed by atoms with van der Waals surface area (Å²) >= 11 is 4.85. The molecule has 4 heteroatoms. The first kappa shape index (κ1) is 9.15. The fourth-order valence-electron chi connectivity index (χ4n) is 1.45. The molecule has 0 unspecified atom stereocenters. The summed E-state index contributed by atoms with van der Waals surface area (Å²) in [6.45, 7) is 0. The molecular formula is C10H10N2OS. The molecule has 1 aliphatic rings. The van der Waals surface area contributed by atoms with E-state index >= 15 is 0 Å². The minimum absolute atomic E-state index is 0.0427. The van der Waals surface area contributed by atoms with Gasteiger partial charge in [-0.2, -0.15) is 0 Å². The van der Waals surface area contributed by atoms with E-state index in [1.54, 1.807) is 0 Å². The molecule has 1 atom stereocenters. The summed E-state index contributed by atoms with van der Waals surface area (Å²) in [6.07, 6.45) is 0.673. The van der Waals surface area contributed by atoms with Crippen molar-refractivity contribution >= 4 is 23.2 Å². The number of amides is 1. The molecule has 2 N–H and O–H groups in total. The topological polar surface area (TPSA) is 41.1 Å². The third kappa shape index (κ3) is 1.90. The van der Waals surface area contributed by atoms with Gasteiger partial charge in [0.15, 0.2) is 5.11 Å². The van der Waals surface area contributed by atoms with E-state index in [9.17, 15) is 4.79 Å². The van der Waals surface area contributed by atoms with Crippen LogP contribution < -0.4 is 10.6 Å². The van der Waals surface area contributed by atoms with Crippen molar-refractivity contribution in [3.05, 3.63) is 35.9 Å². The largest absolute Gasteiger partial charge is 0.350 e. The van der Waals surface area contributed by atoms with Crippen molar-refractivity contribution in [2.75, 3.05) is 0 Å². The molecule has 0 spiro atoms. The van der Waals surface area contributed by atoms with Crippen molar-refractivity contribution in [2.45, 2.75) is 12.5 Å². The van der Waals surface area contributed by atoms with Gasteiger partial charge in [-0.3, -0.25) is 4.79 Å². The molecule has 0 radical (unpaired) electrons. The SMILES string of the molecule is O=C1NC(=S)N[C@@H]1Cc1ccccc1. The molecule has 1 aromatic carbocycles. The molecule has 0 aromatic heterocycles. The van der Waals surface area contributed by atoms with Crippen molar-refractivity contribution in [1.29, 1.82) is 0 Å². The van der Waals surface area contributed by atoms with Gasteiger partial charge in [0.25, 0.3) is 0 Å². The molecule has 1 amide bonds. The Morgan fingerprint density at radius 3 is 2.57 bits per heavy atom. The van der Waals surface area contributed by atoms with E-state index in [-0.39, 0.29) is 11.9 Å². The van der Waals surface area contributed by atoms with E-state index in [1.807, 2.05) is 30.3 Å². The van der Waals surface area contributed by atoms with Gasteiger partial charge in [0.05, 0.1) is 0 Å². The van der Waals surface area contributed by atoms with Crippen molar-refractivity contribution in [1.82, 2.24) is 10.6 Å². The van der Waals surface area contributed by atoms with Gasteiger partial charge in [-0.1, -0.05) is 30.3 Å². The number of thiocarbonyl (C=S) groups is 1. The van der Waals surface area contributed by atoms with Crippen LogP contribution in [0.3, 0.4) is 0 Å².